The molecule has 0 radical (unpaired) electrons. The Morgan fingerprint density at radius 2 is 2.10 bits per heavy atom. The average molecular weight is 312 g/mol. The zero-order valence-corrected chi connectivity index (χ0v) is 14.4. The lowest BCUT2D eigenvalue weighted by Gasteiger charge is -2.36. The number of likely N-dealkylation sites (N-methyl/N-ethyl adjacent to an activating group) is 1. The molecule has 0 aromatic heterocycles. The van der Waals surface area contributed by atoms with E-state index < -0.39 is 0 Å². The maximum atomic E-state index is 6.25. The minimum Gasteiger partial charge on any atom is -0.493 e. The van der Waals surface area contributed by atoms with E-state index in [1.807, 2.05) is 19.2 Å². The second-order valence-electron chi connectivity index (χ2n) is 6.77. The number of nitrogens with one attached hydrogen (secondary N) is 1. The first-order chi connectivity index (χ1) is 9.86. The Kier molecular flexibility index (Phi) is 5.18. The highest BCUT2D eigenvalue weighted by Gasteiger charge is 2.32. The fourth-order valence-electron chi connectivity index (χ4n) is 3.22. The van der Waals surface area contributed by atoms with Crippen LogP contribution in [0, 0.1) is 5.41 Å². The van der Waals surface area contributed by atoms with E-state index in [9.17, 15) is 0 Å². The summed E-state index contributed by atoms with van der Waals surface area (Å²) >= 11 is 6.25. The monoisotopic (exact) mass is 311 g/mol. The number of hydrogen-bond acceptors (Lipinski definition) is 3. The normalized spacial score (nSPS) is 17.2. The van der Waals surface area contributed by atoms with Gasteiger partial charge in [0.05, 0.1) is 12.7 Å². The van der Waals surface area contributed by atoms with Crippen LogP contribution in [0.4, 0.5) is 0 Å². The van der Waals surface area contributed by atoms with Crippen molar-refractivity contribution in [2.45, 2.75) is 45.8 Å². The molecule has 1 aromatic carbocycles. The molecule has 0 amide bonds. The van der Waals surface area contributed by atoms with Gasteiger partial charge in [-0.1, -0.05) is 32.4 Å². The van der Waals surface area contributed by atoms with Gasteiger partial charge in [-0.2, -0.15) is 0 Å². The van der Waals surface area contributed by atoms with E-state index in [-0.39, 0.29) is 17.6 Å². The van der Waals surface area contributed by atoms with Crippen molar-refractivity contribution in [3.05, 3.63) is 28.3 Å². The second-order valence-corrected chi connectivity index (χ2v) is 7.21. The summed E-state index contributed by atoms with van der Waals surface area (Å²) in [5, 5.41) is 4.18. The third kappa shape index (κ3) is 3.71. The van der Waals surface area contributed by atoms with E-state index >= 15 is 0 Å². The van der Waals surface area contributed by atoms with Crippen molar-refractivity contribution in [1.82, 2.24) is 5.32 Å². The smallest absolute Gasteiger partial charge is 0.125 e. The maximum Gasteiger partial charge on any atom is 0.125 e. The van der Waals surface area contributed by atoms with E-state index in [0.29, 0.717) is 0 Å². The third-order valence-corrected chi connectivity index (χ3v) is 4.33. The highest BCUT2D eigenvalue weighted by atomic mass is 35.5. The Morgan fingerprint density at radius 1 is 1.38 bits per heavy atom. The van der Waals surface area contributed by atoms with Crippen LogP contribution in [0.25, 0.3) is 0 Å². The summed E-state index contributed by atoms with van der Waals surface area (Å²) in [5.41, 5.74) is 2.45. The molecule has 118 valence electrons. The van der Waals surface area contributed by atoms with Gasteiger partial charge < -0.3 is 14.8 Å². The lowest BCUT2D eigenvalue weighted by molar-refractivity contribution is -0.00931. The largest absolute Gasteiger partial charge is 0.493 e. The fraction of sp³-hybridized carbons (Fsp3) is 0.647. The van der Waals surface area contributed by atoms with Gasteiger partial charge in [0.25, 0.3) is 0 Å². The van der Waals surface area contributed by atoms with Crippen LogP contribution >= 0.6 is 11.6 Å². The zero-order chi connectivity index (χ0) is 15.6. The molecule has 0 spiro atoms. The highest BCUT2D eigenvalue weighted by Crippen LogP contribution is 2.35. The number of benzene rings is 1. The molecule has 1 N–H and O–H groups in total. The van der Waals surface area contributed by atoms with Gasteiger partial charge in [-0.15, -0.1) is 0 Å². The Bertz CT molecular complexity index is 496. The number of fused-ring (bicyclic) bond motifs is 1. The molecular weight excluding hydrogens is 286 g/mol. The minimum atomic E-state index is 0.0605. The summed E-state index contributed by atoms with van der Waals surface area (Å²) in [6, 6.07) is 4.24. The number of ether oxygens (including phenoxy) is 2. The van der Waals surface area contributed by atoms with Crippen LogP contribution in [0.15, 0.2) is 12.1 Å². The van der Waals surface area contributed by atoms with Crippen LogP contribution in [0.3, 0.4) is 0 Å². The molecule has 1 aromatic rings. The van der Waals surface area contributed by atoms with Crippen molar-refractivity contribution in [2.75, 3.05) is 20.8 Å². The first-order valence-corrected chi connectivity index (χ1v) is 7.88. The van der Waals surface area contributed by atoms with Gasteiger partial charge in [0.1, 0.15) is 5.75 Å². The van der Waals surface area contributed by atoms with E-state index in [4.69, 9.17) is 21.1 Å². The molecule has 0 aliphatic carbocycles. The highest BCUT2D eigenvalue weighted by molar-refractivity contribution is 6.30. The molecule has 4 heteroatoms. The van der Waals surface area contributed by atoms with Gasteiger partial charge in [0.15, 0.2) is 0 Å². The fourth-order valence-corrected chi connectivity index (χ4v) is 3.48. The molecule has 21 heavy (non-hydrogen) atoms. The summed E-state index contributed by atoms with van der Waals surface area (Å²) in [6.45, 7) is 7.35. The quantitative estimate of drug-likeness (QED) is 0.903. The lowest BCUT2D eigenvalue weighted by Crippen LogP contribution is -2.47. The van der Waals surface area contributed by atoms with Crippen LogP contribution in [0.2, 0.25) is 5.02 Å². The maximum absolute atomic E-state index is 6.25. The molecule has 1 aliphatic rings. The van der Waals surface area contributed by atoms with Gasteiger partial charge in [0, 0.05) is 24.6 Å². The number of halogens is 1. The van der Waals surface area contributed by atoms with Gasteiger partial charge in [-0.05, 0) is 42.1 Å². The SMILES string of the molecule is CNC(Cc1cc(Cl)cc2c1OCC2)C(OC)C(C)(C)C. The zero-order valence-electron chi connectivity index (χ0n) is 13.6. The predicted molar refractivity (Wildman–Crippen MR) is 87.5 cm³/mol. The molecule has 3 nitrogen and oxygen atoms in total. The first kappa shape index (κ1) is 16.6. The number of rotatable bonds is 5. The van der Waals surface area contributed by atoms with Crippen molar-refractivity contribution in [1.29, 1.82) is 0 Å². The number of methoxy groups -OCH3 is 1. The Morgan fingerprint density at radius 3 is 2.67 bits per heavy atom. The lowest BCUT2D eigenvalue weighted by atomic mass is 9.82. The van der Waals surface area contributed by atoms with Crippen LogP contribution in [-0.4, -0.2) is 32.9 Å². The standard InChI is InChI=1S/C17H26ClNO2/c1-17(2,3)16(20-5)14(19-4)10-12-9-13(18)8-11-6-7-21-15(11)12/h8-9,14,16,19H,6-7,10H2,1-5H3. The number of hydrogen-bond donors (Lipinski definition) is 1. The van der Waals surface area contributed by atoms with Gasteiger partial charge in [-0.3, -0.25) is 0 Å². The third-order valence-electron chi connectivity index (χ3n) is 4.11. The van der Waals surface area contributed by atoms with E-state index in [1.54, 1.807) is 7.11 Å². The Hall–Kier alpha value is -0.770. The molecule has 1 heterocycles. The summed E-state index contributed by atoms with van der Waals surface area (Å²) in [5.74, 6) is 1.02. The van der Waals surface area contributed by atoms with Gasteiger partial charge >= 0.3 is 0 Å². The van der Waals surface area contributed by atoms with E-state index in [2.05, 4.69) is 26.1 Å². The summed E-state index contributed by atoms with van der Waals surface area (Å²) in [6.07, 6.45) is 1.90. The van der Waals surface area contributed by atoms with Gasteiger partial charge in [-0.25, -0.2) is 0 Å². The molecule has 0 fully saturated rings. The second kappa shape index (κ2) is 6.55. The van der Waals surface area contributed by atoms with Crippen LogP contribution in [0.5, 0.6) is 5.75 Å². The van der Waals surface area contributed by atoms with Crippen molar-refractivity contribution in [3.8, 4) is 5.75 Å². The molecule has 2 unspecified atom stereocenters. The van der Waals surface area contributed by atoms with Crippen molar-refractivity contribution in [3.63, 3.8) is 0 Å². The van der Waals surface area contributed by atoms with Gasteiger partial charge in [0.2, 0.25) is 0 Å². The molecular formula is C17H26ClNO2. The molecule has 2 rings (SSSR count). The Labute approximate surface area is 133 Å². The topological polar surface area (TPSA) is 30.5 Å². The summed E-state index contributed by atoms with van der Waals surface area (Å²) in [7, 11) is 3.76. The van der Waals surface area contributed by atoms with Crippen LogP contribution in [0.1, 0.15) is 31.9 Å². The van der Waals surface area contributed by atoms with Crippen LogP contribution in [-0.2, 0) is 17.6 Å². The molecule has 0 saturated heterocycles. The first-order valence-electron chi connectivity index (χ1n) is 7.51. The Balaban J connectivity index is 2.27. The minimum absolute atomic E-state index is 0.0605. The van der Waals surface area contributed by atoms with Crippen molar-refractivity contribution >= 4 is 11.6 Å². The van der Waals surface area contributed by atoms with Crippen molar-refractivity contribution in [2.24, 2.45) is 5.41 Å². The summed E-state index contributed by atoms with van der Waals surface area (Å²) in [4.78, 5) is 0. The summed E-state index contributed by atoms with van der Waals surface area (Å²) < 4.78 is 11.6. The van der Waals surface area contributed by atoms with Crippen LogP contribution < -0.4 is 10.1 Å². The molecule has 1 aliphatic heterocycles. The van der Waals surface area contributed by atoms with E-state index in [1.165, 1.54) is 11.1 Å². The predicted octanol–water partition coefficient (Wildman–Crippen LogP) is 3.47. The molecule has 0 saturated carbocycles. The van der Waals surface area contributed by atoms with E-state index in [0.717, 1.165) is 30.2 Å². The molecule has 0 bridgehead atoms. The molecule has 2 atom stereocenters. The van der Waals surface area contributed by atoms with Crippen molar-refractivity contribution < 1.29 is 9.47 Å². The average Bonchev–Trinajstić information content (AvgIpc) is 2.84.